The van der Waals surface area contributed by atoms with Gasteiger partial charge in [0.15, 0.2) is 11.4 Å². The molecule has 8 heteroatoms. The van der Waals surface area contributed by atoms with Gasteiger partial charge >= 0.3 is 0 Å². The number of aliphatic hydroxyl groups excluding tert-OH is 2. The van der Waals surface area contributed by atoms with Gasteiger partial charge in [-0.3, -0.25) is 14.5 Å². The van der Waals surface area contributed by atoms with Crippen molar-refractivity contribution in [2.75, 3.05) is 33.1 Å². The second kappa shape index (κ2) is 6.58. The van der Waals surface area contributed by atoms with Crippen LogP contribution >= 0.6 is 0 Å². The second-order valence-electron chi connectivity index (χ2n) is 8.79. The molecule has 1 aromatic carbocycles. The van der Waals surface area contributed by atoms with Crippen LogP contribution in [0.25, 0.3) is 5.76 Å². The molecule has 0 spiro atoms. The van der Waals surface area contributed by atoms with Gasteiger partial charge in [-0.2, -0.15) is 0 Å². The van der Waals surface area contributed by atoms with E-state index >= 15 is 0 Å². The number of rotatable bonds is 2. The first-order valence-electron chi connectivity index (χ1n) is 9.84. The molecule has 160 valence electrons. The summed E-state index contributed by atoms with van der Waals surface area (Å²) in [6.45, 7) is 0. The van der Waals surface area contributed by atoms with Crippen LogP contribution in [0.1, 0.15) is 17.5 Å². The normalized spacial score (nSPS) is 30.6. The summed E-state index contributed by atoms with van der Waals surface area (Å²) in [6, 6.07) is 2.42. The van der Waals surface area contributed by atoms with E-state index < -0.39 is 35.0 Å². The Bertz CT molecular complexity index is 1020. The minimum atomic E-state index is -2.30. The summed E-state index contributed by atoms with van der Waals surface area (Å²) >= 11 is 0. The zero-order valence-corrected chi connectivity index (χ0v) is 17.4. The first kappa shape index (κ1) is 20.4. The predicted octanol–water partition coefficient (Wildman–Crippen LogP) is 1.17. The summed E-state index contributed by atoms with van der Waals surface area (Å²) in [5, 5.41) is 43.2. The van der Waals surface area contributed by atoms with Crippen LogP contribution < -0.4 is 4.90 Å². The number of fused-ring (bicyclic) bond motifs is 3. The van der Waals surface area contributed by atoms with Crippen LogP contribution in [0.4, 0.5) is 5.69 Å². The van der Waals surface area contributed by atoms with E-state index in [4.69, 9.17) is 0 Å². The third-order valence-electron chi connectivity index (χ3n) is 6.66. The van der Waals surface area contributed by atoms with Crippen molar-refractivity contribution in [3.05, 3.63) is 40.7 Å². The molecular formula is C22H26N2O6. The third kappa shape index (κ3) is 2.53. The molecule has 8 nitrogen and oxygen atoms in total. The van der Waals surface area contributed by atoms with E-state index in [0.29, 0.717) is 12.0 Å². The summed E-state index contributed by atoms with van der Waals surface area (Å²) in [5.41, 5.74) is -0.641. The van der Waals surface area contributed by atoms with Gasteiger partial charge in [0.1, 0.15) is 17.3 Å². The molecule has 4 atom stereocenters. The molecule has 0 saturated heterocycles. The Morgan fingerprint density at radius 2 is 1.73 bits per heavy atom. The van der Waals surface area contributed by atoms with Crippen molar-refractivity contribution in [1.82, 2.24) is 4.90 Å². The molecule has 3 aliphatic rings. The average Bonchev–Trinajstić information content (AvgIpc) is 2.64. The summed E-state index contributed by atoms with van der Waals surface area (Å²) < 4.78 is 0. The largest absolute Gasteiger partial charge is 0.509 e. The zero-order chi connectivity index (χ0) is 22.1. The molecule has 0 bridgehead atoms. The van der Waals surface area contributed by atoms with Crippen LogP contribution in [0.2, 0.25) is 0 Å². The molecule has 0 radical (unpaired) electrons. The van der Waals surface area contributed by atoms with Gasteiger partial charge in [-0.05, 0) is 50.6 Å². The second-order valence-corrected chi connectivity index (χ2v) is 8.79. The lowest BCUT2D eigenvalue weighted by molar-refractivity contribution is -0.152. The number of phenols is 1. The van der Waals surface area contributed by atoms with Crippen LogP contribution in [0.5, 0.6) is 5.75 Å². The summed E-state index contributed by atoms with van der Waals surface area (Å²) in [6.07, 6.45) is 1.47. The number of hydrogen-bond donors (Lipinski definition) is 4. The molecule has 1 saturated carbocycles. The number of nitrogens with zero attached hydrogens (tertiary/aromatic N) is 2. The number of anilines is 1. The number of ketones is 2. The maximum absolute atomic E-state index is 13.5. The van der Waals surface area contributed by atoms with E-state index in [9.17, 15) is 30.0 Å². The molecule has 3 aliphatic carbocycles. The van der Waals surface area contributed by atoms with Crippen LogP contribution in [0, 0.1) is 11.8 Å². The number of carbonyl (C=O) groups is 2. The quantitative estimate of drug-likeness (QED) is 0.569. The van der Waals surface area contributed by atoms with E-state index in [2.05, 4.69) is 0 Å². The number of Topliss-reactive ketones (excluding diaryl/α,β-unsaturated/α-hetero) is 1. The van der Waals surface area contributed by atoms with Crippen molar-refractivity contribution >= 4 is 23.0 Å². The first-order valence-corrected chi connectivity index (χ1v) is 9.84. The van der Waals surface area contributed by atoms with Gasteiger partial charge in [-0.15, -0.1) is 0 Å². The SMILES string of the molecule is CN(C)c1ccc(O)c2c1C[C@H]1C[C@H]3[C@H](N(C)C)C(=O)C=C(O)[C@@]3(O)C(=O)C1=C2O. The lowest BCUT2D eigenvalue weighted by Gasteiger charge is -2.49. The zero-order valence-electron chi connectivity index (χ0n) is 17.4. The lowest BCUT2D eigenvalue weighted by Crippen LogP contribution is -2.64. The van der Waals surface area contributed by atoms with Gasteiger partial charge < -0.3 is 25.3 Å². The lowest BCUT2D eigenvalue weighted by atomic mass is 9.58. The average molecular weight is 414 g/mol. The van der Waals surface area contributed by atoms with Gasteiger partial charge in [0.2, 0.25) is 5.78 Å². The molecular weight excluding hydrogens is 388 g/mol. The van der Waals surface area contributed by atoms with Gasteiger partial charge in [0.25, 0.3) is 0 Å². The monoisotopic (exact) mass is 414 g/mol. The Kier molecular flexibility index (Phi) is 4.48. The Morgan fingerprint density at radius 1 is 1.07 bits per heavy atom. The van der Waals surface area contributed by atoms with Gasteiger partial charge in [0.05, 0.1) is 11.6 Å². The number of likely N-dealkylation sites (N-methyl/N-ethyl adjacent to an activating group) is 1. The minimum absolute atomic E-state index is 0.0146. The van der Waals surface area contributed by atoms with Crippen molar-refractivity contribution in [3.8, 4) is 5.75 Å². The number of aromatic hydroxyl groups is 1. The van der Waals surface area contributed by atoms with E-state index in [1.165, 1.54) is 6.07 Å². The van der Waals surface area contributed by atoms with Crippen LogP contribution in [-0.2, 0) is 16.0 Å². The van der Waals surface area contributed by atoms with Crippen LogP contribution in [-0.4, -0.2) is 76.7 Å². The topological polar surface area (TPSA) is 122 Å². The van der Waals surface area contributed by atoms with E-state index in [1.807, 2.05) is 19.0 Å². The molecule has 1 fully saturated rings. The Morgan fingerprint density at radius 3 is 2.33 bits per heavy atom. The molecule has 0 unspecified atom stereocenters. The van der Waals surface area contributed by atoms with Crippen molar-refractivity contribution in [3.63, 3.8) is 0 Å². The minimum Gasteiger partial charge on any atom is -0.509 e. The molecule has 0 aromatic heterocycles. The van der Waals surface area contributed by atoms with Crippen molar-refractivity contribution < 1.29 is 30.0 Å². The number of phenolic OH excluding ortho intramolecular Hbond substituents is 1. The standard InChI is InChI=1S/C22H26N2O6/c1-23(2)13-5-6-14(25)18-11(13)7-10-8-12-19(24(3)4)15(26)9-16(27)22(12,30)21(29)17(10)20(18)28/h5-6,9-10,12,19,25,27-28,30H,7-8H2,1-4H3/t10-,12-,19-,22+/m0/s1. The third-order valence-corrected chi connectivity index (χ3v) is 6.66. The highest BCUT2D eigenvalue weighted by atomic mass is 16.3. The maximum Gasteiger partial charge on any atom is 0.202 e. The van der Waals surface area contributed by atoms with Crippen molar-refractivity contribution in [2.24, 2.45) is 11.8 Å². The molecule has 30 heavy (non-hydrogen) atoms. The fraction of sp³-hybridized carbons (Fsp3) is 0.455. The summed E-state index contributed by atoms with van der Waals surface area (Å²) in [5.74, 6) is -3.76. The van der Waals surface area contributed by atoms with E-state index in [-0.39, 0.29) is 34.8 Å². The maximum atomic E-state index is 13.5. The number of aliphatic hydroxyl groups is 3. The highest BCUT2D eigenvalue weighted by Crippen LogP contribution is 2.52. The van der Waals surface area contributed by atoms with Crippen molar-refractivity contribution in [2.45, 2.75) is 24.5 Å². The molecule has 1 aromatic rings. The van der Waals surface area contributed by atoms with E-state index in [1.54, 1.807) is 25.1 Å². The smallest absolute Gasteiger partial charge is 0.202 e. The van der Waals surface area contributed by atoms with Crippen LogP contribution in [0.3, 0.4) is 0 Å². The first-order chi connectivity index (χ1) is 14.0. The number of hydrogen-bond acceptors (Lipinski definition) is 8. The summed E-state index contributed by atoms with van der Waals surface area (Å²) in [4.78, 5) is 29.5. The number of benzene rings is 1. The highest BCUT2D eigenvalue weighted by molar-refractivity contribution is 6.13. The van der Waals surface area contributed by atoms with Crippen molar-refractivity contribution in [1.29, 1.82) is 0 Å². The Labute approximate surface area is 174 Å². The summed E-state index contributed by atoms with van der Waals surface area (Å²) in [7, 11) is 7.06. The van der Waals surface area contributed by atoms with Gasteiger partial charge in [-0.1, -0.05) is 0 Å². The molecule has 4 N–H and O–H groups in total. The predicted molar refractivity (Wildman–Crippen MR) is 110 cm³/mol. The molecule has 4 rings (SSSR count). The van der Waals surface area contributed by atoms with Crippen LogP contribution in [0.15, 0.2) is 29.5 Å². The number of carbonyl (C=O) groups excluding carboxylic acids is 2. The molecule has 0 amide bonds. The Balaban J connectivity index is 1.94. The highest BCUT2D eigenvalue weighted by Gasteiger charge is 2.61. The Hall–Kier alpha value is -2.84. The van der Waals surface area contributed by atoms with Gasteiger partial charge in [0, 0.05) is 37.3 Å². The molecule has 0 aliphatic heterocycles. The van der Waals surface area contributed by atoms with E-state index in [0.717, 1.165) is 11.8 Å². The fourth-order valence-electron chi connectivity index (χ4n) is 5.34. The fourth-order valence-corrected chi connectivity index (χ4v) is 5.34. The van der Waals surface area contributed by atoms with Gasteiger partial charge in [-0.25, -0.2) is 0 Å². The molecule has 0 heterocycles.